The Labute approximate surface area is 161 Å². The molecular formula is C20H21N3OS2. The van der Waals surface area contributed by atoms with Crippen LogP contribution in [0.1, 0.15) is 23.2 Å². The Kier molecular flexibility index (Phi) is 5.32. The average Bonchev–Trinajstić information content (AvgIpc) is 3.40. The van der Waals surface area contributed by atoms with E-state index in [9.17, 15) is 4.79 Å². The summed E-state index contributed by atoms with van der Waals surface area (Å²) >= 11 is 3.39. The molecule has 0 aliphatic carbocycles. The molecule has 2 aromatic heterocycles. The van der Waals surface area contributed by atoms with Gasteiger partial charge < -0.3 is 10.2 Å². The molecule has 0 radical (unpaired) electrons. The number of anilines is 1. The molecule has 1 amide bonds. The molecule has 1 aromatic carbocycles. The molecule has 0 saturated carbocycles. The second kappa shape index (κ2) is 8.01. The molecule has 3 aromatic rings. The number of rotatable bonds is 5. The molecule has 1 saturated heterocycles. The zero-order valence-corrected chi connectivity index (χ0v) is 16.1. The monoisotopic (exact) mass is 383 g/mol. The lowest BCUT2D eigenvalue weighted by Gasteiger charge is -2.32. The predicted molar refractivity (Wildman–Crippen MR) is 109 cm³/mol. The van der Waals surface area contributed by atoms with Crippen molar-refractivity contribution >= 4 is 33.7 Å². The Balaban J connectivity index is 1.32. The molecule has 1 fully saturated rings. The lowest BCUT2D eigenvalue weighted by Crippen LogP contribution is -2.41. The van der Waals surface area contributed by atoms with E-state index in [1.54, 1.807) is 22.7 Å². The zero-order chi connectivity index (χ0) is 17.8. The highest BCUT2D eigenvalue weighted by molar-refractivity contribution is 7.13. The van der Waals surface area contributed by atoms with Gasteiger partial charge in [-0.15, -0.1) is 22.7 Å². The van der Waals surface area contributed by atoms with Crippen LogP contribution in [0.15, 0.2) is 53.4 Å². The third-order valence-corrected chi connectivity index (χ3v) is 6.46. The Hall–Kier alpha value is -2.18. The predicted octanol–water partition coefficient (Wildman–Crippen LogP) is 4.52. The summed E-state index contributed by atoms with van der Waals surface area (Å²) in [5.41, 5.74) is 1.88. The van der Waals surface area contributed by atoms with Crippen molar-refractivity contribution in [3.63, 3.8) is 0 Å². The molecule has 1 aliphatic rings. The van der Waals surface area contributed by atoms with Crippen molar-refractivity contribution in [2.45, 2.75) is 12.8 Å². The number of aromatic nitrogens is 1. The van der Waals surface area contributed by atoms with Crippen molar-refractivity contribution in [3.05, 3.63) is 58.9 Å². The number of benzene rings is 1. The highest BCUT2D eigenvalue weighted by atomic mass is 32.1. The first kappa shape index (κ1) is 17.2. The summed E-state index contributed by atoms with van der Waals surface area (Å²) in [4.78, 5) is 20.4. The van der Waals surface area contributed by atoms with Gasteiger partial charge in [-0.3, -0.25) is 4.79 Å². The molecule has 134 valence electrons. The van der Waals surface area contributed by atoms with Gasteiger partial charge in [-0.2, -0.15) is 0 Å². The van der Waals surface area contributed by atoms with E-state index in [4.69, 9.17) is 0 Å². The topological polar surface area (TPSA) is 45.2 Å². The second-order valence-electron chi connectivity index (χ2n) is 6.53. The molecule has 1 atom stereocenters. The van der Waals surface area contributed by atoms with Gasteiger partial charge in [0, 0.05) is 41.7 Å². The molecule has 4 rings (SSSR count). The number of hydrogen-bond donors (Lipinski definition) is 1. The molecule has 0 unspecified atom stereocenters. The SMILES string of the molecule is O=C(NC[C@@H]1CCCN(c2nccs2)C1)c1ccc(-c2cccs2)cc1. The fourth-order valence-corrected chi connectivity index (χ4v) is 4.76. The highest BCUT2D eigenvalue weighted by Gasteiger charge is 2.22. The van der Waals surface area contributed by atoms with Crippen LogP contribution in [-0.2, 0) is 0 Å². The first-order chi connectivity index (χ1) is 12.8. The number of thiazole rings is 1. The Morgan fingerprint density at radius 1 is 1.19 bits per heavy atom. The van der Waals surface area contributed by atoms with Crippen LogP contribution < -0.4 is 10.2 Å². The van der Waals surface area contributed by atoms with Crippen molar-refractivity contribution in [3.8, 4) is 10.4 Å². The third-order valence-electron chi connectivity index (χ3n) is 4.71. The summed E-state index contributed by atoms with van der Waals surface area (Å²) in [6.07, 6.45) is 4.15. The van der Waals surface area contributed by atoms with E-state index in [1.807, 2.05) is 41.9 Å². The lowest BCUT2D eigenvalue weighted by atomic mass is 9.98. The minimum atomic E-state index is 0.00843. The average molecular weight is 384 g/mol. The molecule has 6 heteroatoms. The van der Waals surface area contributed by atoms with E-state index in [2.05, 4.69) is 26.6 Å². The smallest absolute Gasteiger partial charge is 0.251 e. The van der Waals surface area contributed by atoms with E-state index in [0.717, 1.165) is 42.2 Å². The quantitative estimate of drug-likeness (QED) is 0.705. The molecular weight excluding hydrogens is 362 g/mol. The van der Waals surface area contributed by atoms with Crippen LogP contribution in [0.3, 0.4) is 0 Å². The van der Waals surface area contributed by atoms with Gasteiger partial charge in [0.25, 0.3) is 5.91 Å². The summed E-state index contributed by atoms with van der Waals surface area (Å²) < 4.78 is 0. The normalized spacial score (nSPS) is 17.2. The maximum absolute atomic E-state index is 12.5. The summed E-state index contributed by atoms with van der Waals surface area (Å²) in [6, 6.07) is 12.0. The lowest BCUT2D eigenvalue weighted by molar-refractivity contribution is 0.0945. The Morgan fingerprint density at radius 2 is 2.08 bits per heavy atom. The van der Waals surface area contributed by atoms with Gasteiger partial charge in [-0.25, -0.2) is 4.98 Å². The first-order valence-corrected chi connectivity index (χ1v) is 10.6. The second-order valence-corrected chi connectivity index (χ2v) is 8.35. The van der Waals surface area contributed by atoms with Crippen LogP contribution >= 0.6 is 22.7 Å². The van der Waals surface area contributed by atoms with E-state index in [-0.39, 0.29) is 5.91 Å². The van der Waals surface area contributed by atoms with Crippen LogP contribution in [0, 0.1) is 5.92 Å². The number of thiophene rings is 1. The number of nitrogens with one attached hydrogen (secondary N) is 1. The van der Waals surface area contributed by atoms with Crippen molar-refractivity contribution in [2.24, 2.45) is 5.92 Å². The zero-order valence-electron chi connectivity index (χ0n) is 14.4. The van der Waals surface area contributed by atoms with Gasteiger partial charge in [0.15, 0.2) is 5.13 Å². The number of carbonyl (C=O) groups is 1. The highest BCUT2D eigenvalue weighted by Crippen LogP contribution is 2.26. The van der Waals surface area contributed by atoms with Crippen molar-refractivity contribution in [1.82, 2.24) is 10.3 Å². The molecule has 4 nitrogen and oxygen atoms in total. The van der Waals surface area contributed by atoms with E-state index >= 15 is 0 Å². The van der Waals surface area contributed by atoms with Crippen molar-refractivity contribution < 1.29 is 4.79 Å². The van der Waals surface area contributed by atoms with Crippen LogP contribution in [-0.4, -0.2) is 30.5 Å². The number of nitrogens with zero attached hydrogens (tertiary/aromatic N) is 2. The molecule has 0 spiro atoms. The molecule has 26 heavy (non-hydrogen) atoms. The standard InChI is InChI=1S/C20H21N3OS2/c24-19(17-7-5-16(6-8-17)18-4-2-11-25-18)22-13-15-3-1-10-23(14-15)20-21-9-12-26-20/h2,4-9,11-12,15H,1,3,10,13-14H2,(H,22,24)/t15-/m0/s1. The first-order valence-electron chi connectivity index (χ1n) is 8.86. The van der Waals surface area contributed by atoms with E-state index < -0.39 is 0 Å². The summed E-state index contributed by atoms with van der Waals surface area (Å²) in [5, 5.41) is 8.28. The minimum Gasteiger partial charge on any atom is -0.352 e. The van der Waals surface area contributed by atoms with Gasteiger partial charge in [0.05, 0.1) is 0 Å². The van der Waals surface area contributed by atoms with Crippen LogP contribution in [0.25, 0.3) is 10.4 Å². The summed E-state index contributed by atoms with van der Waals surface area (Å²) in [5.74, 6) is 0.482. The molecule has 0 bridgehead atoms. The van der Waals surface area contributed by atoms with Crippen LogP contribution in [0.2, 0.25) is 0 Å². The minimum absolute atomic E-state index is 0.00843. The van der Waals surface area contributed by atoms with Gasteiger partial charge in [0.2, 0.25) is 0 Å². The number of carbonyl (C=O) groups excluding carboxylic acids is 1. The molecule has 1 aliphatic heterocycles. The van der Waals surface area contributed by atoms with Crippen molar-refractivity contribution in [2.75, 3.05) is 24.5 Å². The molecule has 3 heterocycles. The number of hydrogen-bond acceptors (Lipinski definition) is 5. The van der Waals surface area contributed by atoms with Crippen molar-refractivity contribution in [1.29, 1.82) is 0 Å². The fourth-order valence-electron chi connectivity index (χ4n) is 3.35. The van der Waals surface area contributed by atoms with E-state index in [0.29, 0.717) is 12.5 Å². The Bertz CT molecular complexity index is 829. The van der Waals surface area contributed by atoms with Gasteiger partial charge in [0.1, 0.15) is 0 Å². The van der Waals surface area contributed by atoms with Gasteiger partial charge >= 0.3 is 0 Å². The summed E-state index contributed by atoms with van der Waals surface area (Å²) in [6.45, 7) is 2.74. The largest absolute Gasteiger partial charge is 0.352 e. The maximum Gasteiger partial charge on any atom is 0.251 e. The van der Waals surface area contributed by atoms with E-state index in [1.165, 1.54) is 4.88 Å². The maximum atomic E-state index is 12.5. The third kappa shape index (κ3) is 3.97. The van der Waals surface area contributed by atoms with Gasteiger partial charge in [-0.05, 0) is 47.9 Å². The Morgan fingerprint density at radius 3 is 2.81 bits per heavy atom. The fraction of sp³-hybridized carbons (Fsp3) is 0.300. The summed E-state index contributed by atoms with van der Waals surface area (Å²) in [7, 11) is 0. The van der Waals surface area contributed by atoms with Crippen LogP contribution in [0.4, 0.5) is 5.13 Å². The number of piperidine rings is 1. The molecule has 1 N–H and O–H groups in total. The number of amides is 1. The van der Waals surface area contributed by atoms with Gasteiger partial charge in [-0.1, -0.05) is 18.2 Å². The van der Waals surface area contributed by atoms with Crippen LogP contribution in [0.5, 0.6) is 0 Å².